The van der Waals surface area contributed by atoms with Crippen LogP contribution in [0.5, 0.6) is 0 Å². The van der Waals surface area contributed by atoms with Crippen molar-refractivity contribution in [1.29, 1.82) is 0 Å². The van der Waals surface area contributed by atoms with Crippen LogP contribution in [0.2, 0.25) is 0 Å². The summed E-state index contributed by atoms with van der Waals surface area (Å²) in [6, 6.07) is 9.71. The van der Waals surface area contributed by atoms with Crippen molar-refractivity contribution in [3.63, 3.8) is 0 Å². The molecule has 24 heavy (non-hydrogen) atoms. The molecule has 0 saturated heterocycles. The lowest BCUT2D eigenvalue weighted by molar-refractivity contribution is 0.678. The minimum Gasteiger partial charge on any atom is -0.368 e. The highest BCUT2D eigenvalue weighted by Crippen LogP contribution is 2.32. The Hall–Kier alpha value is -2.61. The fraction of sp³-hybridized carbons (Fsp3) is 0.250. The summed E-state index contributed by atoms with van der Waals surface area (Å²) in [5, 5.41) is 4.08. The molecule has 0 radical (unpaired) electrons. The fourth-order valence-corrected chi connectivity index (χ4v) is 3.14. The molecule has 0 fully saturated rings. The Morgan fingerprint density at radius 1 is 1.21 bits per heavy atom. The molecule has 0 aliphatic rings. The van der Waals surface area contributed by atoms with Crippen molar-refractivity contribution in [1.82, 2.24) is 24.5 Å². The van der Waals surface area contributed by atoms with Gasteiger partial charge in [-0.3, -0.25) is 0 Å². The monoisotopic (exact) mass is 341 g/mol. The number of thioether (sulfide) groups is 1. The molecule has 7 nitrogen and oxygen atoms in total. The maximum atomic E-state index is 5.85. The Morgan fingerprint density at radius 3 is 2.75 bits per heavy atom. The number of nitrogens with zero attached hydrogens (tertiary/aromatic N) is 5. The van der Waals surface area contributed by atoms with Gasteiger partial charge in [0.05, 0.1) is 5.25 Å². The van der Waals surface area contributed by atoms with Gasteiger partial charge >= 0.3 is 0 Å². The number of nitrogens with two attached hydrogens (primary N) is 1. The molecular weight excluding hydrogens is 322 g/mol. The van der Waals surface area contributed by atoms with Gasteiger partial charge in [-0.05, 0) is 26.0 Å². The van der Waals surface area contributed by atoms with Gasteiger partial charge in [0.1, 0.15) is 5.82 Å². The van der Waals surface area contributed by atoms with Crippen LogP contribution in [0.25, 0.3) is 0 Å². The molecule has 0 spiro atoms. The second-order valence-corrected chi connectivity index (χ2v) is 6.43. The maximum Gasteiger partial charge on any atom is 0.232 e. The minimum absolute atomic E-state index is 0.000627. The van der Waals surface area contributed by atoms with Gasteiger partial charge in [0.15, 0.2) is 5.16 Å². The van der Waals surface area contributed by atoms with Crippen LogP contribution in [-0.2, 0) is 6.54 Å². The van der Waals surface area contributed by atoms with Crippen molar-refractivity contribution in [3.8, 4) is 0 Å². The first-order chi connectivity index (χ1) is 11.7. The maximum absolute atomic E-state index is 5.85. The summed E-state index contributed by atoms with van der Waals surface area (Å²) in [6.07, 6.45) is 3.75. The number of para-hydroxylation sites is 1. The number of hydrogen-bond donors (Lipinski definition) is 2. The second-order valence-electron chi connectivity index (χ2n) is 5.12. The largest absolute Gasteiger partial charge is 0.368 e. The Labute approximate surface area is 144 Å². The van der Waals surface area contributed by atoms with E-state index in [1.807, 2.05) is 43.5 Å². The molecule has 1 atom stereocenters. The third kappa shape index (κ3) is 3.83. The summed E-state index contributed by atoms with van der Waals surface area (Å²) in [6.45, 7) is 4.98. The van der Waals surface area contributed by atoms with Gasteiger partial charge < -0.3 is 15.6 Å². The van der Waals surface area contributed by atoms with E-state index in [4.69, 9.17) is 5.73 Å². The van der Waals surface area contributed by atoms with E-state index in [0.717, 1.165) is 17.4 Å². The SMILES string of the molecule is CCn1ccnc1SC(C)c1nc(N)nc(Nc2ccccc2)n1. The van der Waals surface area contributed by atoms with Gasteiger partial charge in [-0.1, -0.05) is 30.0 Å². The number of aromatic nitrogens is 5. The summed E-state index contributed by atoms with van der Waals surface area (Å²) in [4.78, 5) is 17.3. The van der Waals surface area contributed by atoms with Crippen LogP contribution in [0.15, 0.2) is 47.9 Å². The predicted molar refractivity (Wildman–Crippen MR) is 96.1 cm³/mol. The summed E-state index contributed by atoms with van der Waals surface area (Å²) in [5.41, 5.74) is 6.75. The standard InChI is InChI=1S/C16H19N7S/c1-3-23-10-9-18-16(23)24-11(2)13-20-14(17)22-15(21-13)19-12-7-5-4-6-8-12/h4-11H,3H2,1-2H3,(H3,17,19,20,21,22). The van der Waals surface area contributed by atoms with Gasteiger partial charge in [0.2, 0.25) is 11.9 Å². The Balaban J connectivity index is 1.80. The number of anilines is 3. The number of rotatable bonds is 6. The molecule has 1 aromatic carbocycles. The van der Waals surface area contributed by atoms with Crippen LogP contribution in [0, 0.1) is 0 Å². The van der Waals surface area contributed by atoms with Gasteiger partial charge in [-0.2, -0.15) is 15.0 Å². The van der Waals surface area contributed by atoms with Crippen molar-refractivity contribution in [2.45, 2.75) is 30.8 Å². The van der Waals surface area contributed by atoms with E-state index < -0.39 is 0 Å². The molecule has 0 amide bonds. The first-order valence-electron chi connectivity index (χ1n) is 7.67. The molecule has 1 unspecified atom stereocenters. The first kappa shape index (κ1) is 16.3. The highest BCUT2D eigenvalue weighted by molar-refractivity contribution is 7.99. The van der Waals surface area contributed by atoms with E-state index in [9.17, 15) is 0 Å². The average molecular weight is 341 g/mol. The highest BCUT2D eigenvalue weighted by atomic mass is 32.2. The zero-order chi connectivity index (χ0) is 16.9. The van der Waals surface area contributed by atoms with Crippen molar-refractivity contribution in [2.75, 3.05) is 11.1 Å². The van der Waals surface area contributed by atoms with Gasteiger partial charge in [-0.15, -0.1) is 0 Å². The summed E-state index contributed by atoms with van der Waals surface area (Å²) < 4.78 is 2.08. The lowest BCUT2D eigenvalue weighted by Crippen LogP contribution is -2.08. The molecule has 0 bridgehead atoms. The van der Waals surface area contributed by atoms with Crippen LogP contribution >= 0.6 is 11.8 Å². The summed E-state index contributed by atoms with van der Waals surface area (Å²) in [5.74, 6) is 1.26. The zero-order valence-electron chi connectivity index (χ0n) is 13.5. The quantitative estimate of drug-likeness (QED) is 0.664. The van der Waals surface area contributed by atoms with Crippen LogP contribution in [0.3, 0.4) is 0 Å². The third-order valence-electron chi connectivity index (χ3n) is 3.36. The topological polar surface area (TPSA) is 94.5 Å². The normalized spacial score (nSPS) is 12.1. The molecule has 3 rings (SSSR count). The van der Waals surface area contributed by atoms with Gasteiger partial charge in [0.25, 0.3) is 0 Å². The number of benzene rings is 1. The molecular formula is C16H19N7S. The third-order valence-corrected chi connectivity index (χ3v) is 4.48. The summed E-state index contributed by atoms with van der Waals surface area (Å²) >= 11 is 1.59. The van der Waals surface area contributed by atoms with E-state index in [1.54, 1.807) is 18.0 Å². The summed E-state index contributed by atoms with van der Waals surface area (Å²) in [7, 11) is 0. The minimum atomic E-state index is -0.000627. The van der Waals surface area contributed by atoms with Crippen molar-refractivity contribution >= 4 is 29.3 Å². The smallest absolute Gasteiger partial charge is 0.232 e. The zero-order valence-corrected chi connectivity index (χ0v) is 14.4. The Bertz CT molecular complexity index is 803. The van der Waals surface area contributed by atoms with E-state index in [-0.39, 0.29) is 11.2 Å². The molecule has 8 heteroatoms. The van der Waals surface area contributed by atoms with Crippen LogP contribution in [0.1, 0.15) is 24.9 Å². The number of hydrogen-bond acceptors (Lipinski definition) is 7. The van der Waals surface area contributed by atoms with Crippen LogP contribution in [0.4, 0.5) is 17.6 Å². The Morgan fingerprint density at radius 2 is 2.00 bits per heavy atom. The molecule has 3 aromatic rings. The Kier molecular flexibility index (Phi) is 4.95. The van der Waals surface area contributed by atoms with E-state index in [0.29, 0.717) is 11.8 Å². The van der Waals surface area contributed by atoms with Gasteiger partial charge in [0, 0.05) is 24.6 Å². The van der Waals surface area contributed by atoms with Crippen molar-refractivity contribution < 1.29 is 0 Å². The van der Waals surface area contributed by atoms with E-state index >= 15 is 0 Å². The van der Waals surface area contributed by atoms with Gasteiger partial charge in [-0.25, -0.2) is 4.98 Å². The molecule has 2 aromatic heterocycles. The molecule has 0 aliphatic carbocycles. The first-order valence-corrected chi connectivity index (χ1v) is 8.55. The van der Waals surface area contributed by atoms with Crippen molar-refractivity contribution in [2.24, 2.45) is 0 Å². The lowest BCUT2D eigenvalue weighted by atomic mass is 10.3. The van der Waals surface area contributed by atoms with E-state index in [1.165, 1.54) is 0 Å². The second kappa shape index (κ2) is 7.31. The fourth-order valence-electron chi connectivity index (χ4n) is 2.16. The average Bonchev–Trinajstić information content (AvgIpc) is 3.02. The number of aryl methyl sites for hydroxylation is 1. The number of imidazole rings is 1. The van der Waals surface area contributed by atoms with E-state index in [2.05, 4.69) is 36.7 Å². The number of nitrogen functional groups attached to an aromatic ring is 1. The van der Waals surface area contributed by atoms with Crippen LogP contribution < -0.4 is 11.1 Å². The number of nitrogens with one attached hydrogen (secondary N) is 1. The molecule has 0 saturated carbocycles. The van der Waals surface area contributed by atoms with Crippen LogP contribution in [-0.4, -0.2) is 24.5 Å². The molecule has 0 aliphatic heterocycles. The molecule has 2 heterocycles. The molecule has 3 N–H and O–H groups in total. The predicted octanol–water partition coefficient (Wildman–Crippen LogP) is 3.27. The molecule has 124 valence electrons. The highest BCUT2D eigenvalue weighted by Gasteiger charge is 2.16. The van der Waals surface area contributed by atoms with Crippen molar-refractivity contribution in [3.05, 3.63) is 48.5 Å². The lowest BCUT2D eigenvalue weighted by Gasteiger charge is -2.12.